The van der Waals surface area contributed by atoms with E-state index in [0.29, 0.717) is 0 Å². The molecule has 1 aromatic rings. The van der Waals surface area contributed by atoms with Crippen molar-refractivity contribution in [3.63, 3.8) is 0 Å². The SMILES string of the molecule is C=C(C)c1ccc(OP(=O)(O)O)cc1. The Morgan fingerprint density at radius 3 is 2.21 bits per heavy atom. The molecule has 0 unspecified atom stereocenters. The first-order valence-electron chi connectivity index (χ1n) is 3.89. The van der Waals surface area contributed by atoms with Gasteiger partial charge >= 0.3 is 7.82 Å². The highest BCUT2D eigenvalue weighted by Crippen LogP contribution is 2.37. The van der Waals surface area contributed by atoms with Crippen molar-refractivity contribution < 1.29 is 18.9 Å². The smallest absolute Gasteiger partial charge is 0.404 e. The first-order valence-corrected chi connectivity index (χ1v) is 5.42. The lowest BCUT2D eigenvalue weighted by Crippen LogP contribution is -1.89. The molecule has 1 aromatic carbocycles. The van der Waals surface area contributed by atoms with E-state index in [-0.39, 0.29) is 5.75 Å². The van der Waals surface area contributed by atoms with Crippen molar-refractivity contribution in [3.8, 4) is 5.75 Å². The third-order valence-corrected chi connectivity index (χ3v) is 2.02. The van der Waals surface area contributed by atoms with E-state index in [1.807, 2.05) is 6.92 Å². The Hall–Kier alpha value is -1.09. The second kappa shape index (κ2) is 3.96. The quantitative estimate of drug-likeness (QED) is 0.757. The van der Waals surface area contributed by atoms with Crippen LogP contribution in [0.3, 0.4) is 0 Å². The molecule has 0 bridgehead atoms. The van der Waals surface area contributed by atoms with Gasteiger partial charge in [0.25, 0.3) is 0 Å². The number of benzene rings is 1. The number of hydrogen-bond donors (Lipinski definition) is 2. The molecule has 1 rings (SSSR count). The van der Waals surface area contributed by atoms with Crippen LogP contribution >= 0.6 is 7.82 Å². The zero-order valence-corrected chi connectivity index (χ0v) is 8.57. The first kappa shape index (κ1) is 11.0. The molecule has 0 saturated heterocycles. The van der Waals surface area contributed by atoms with Crippen LogP contribution < -0.4 is 4.52 Å². The highest BCUT2D eigenvalue weighted by molar-refractivity contribution is 7.46. The van der Waals surface area contributed by atoms with E-state index in [4.69, 9.17) is 9.79 Å². The summed E-state index contributed by atoms with van der Waals surface area (Å²) in [6.45, 7) is 5.58. The van der Waals surface area contributed by atoms with Gasteiger partial charge in [0.2, 0.25) is 0 Å². The van der Waals surface area contributed by atoms with E-state index < -0.39 is 7.82 Å². The van der Waals surface area contributed by atoms with Gasteiger partial charge in [0.05, 0.1) is 0 Å². The Balaban J connectivity index is 2.84. The van der Waals surface area contributed by atoms with E-state index in [2.05, 4.69) is 11.1 Å². The Bertz CT molecular complexity index is 376. The Morgan fingerprint density at radius 1 is 1.36 bits per heavy atom. The minimum atomic E-state index is -4.45. The van der Waals surface area contributed by atoms with Gasteiger partial charge in [-0.05, 0) is 24.6 Å². The summed E-state index contributed by atoms with van der Waals surface area (Å²) < 4.78 is 14.8. The highest BCUT2D eigenvalue weighted by atomic mass is 31.2. The molecule has 0 aliphatic carbocycles. The minimum absolute atomic E-state index is 0.142. The third kappa shape index (κ3) is 3.34. The van der Waals surface area contributed by atoms with Gasteiger partial charge in [0.1, 0.15) is 5.75 Å². The van der Waals surface area contributed by atoms with Gasteiger partial charge in [-0.3, -0.25) is 9.79 Å². The molecule has 0 atom stereocenters. The van der Waals surface area contributed by atoms with Crippen molar-refractivity contribution in [2.24, 2.45) is 0 Å². The summed E-state index contributed by atoms with van der Waals surface area (Å²) in [4.78, 5) is 17.0. The molecule has 0 aliphatic rings. The van der Waals surface area contributed by atoms with Gasteiger partial charge in [-0.1, -0.05) is 24.3 Å². The van der Waals surface area contributed by atoms with Gasteiger partial charge < -0.3 is 4.52 Å². The zero-order chi connectivity index (χ0) is 10.8. The second-order valence-corrected chi connectivity index (χ2v) is 4.05. The zero-order valence-electron chi connectivity index (χ0n) is 7.67. The van der Waals surface area contributed by atoms with Crippen LogP contribution in [0.5, 0.6) is 5.75 Å². The minimum Gasteiger partial charge on any atom is -0.404 e. The van der Waals surface area contributed by atoms with Crippen molar-refractivity contribution >= 4 is 13.4 Å². The van der Waals surface area contributed by atoms with Gasteiger partial charge in [0, 0.05) is 0 Å². The fourth-order valence-corrected chi connectivity index (χ4v) is 1.33. The van der Waals surface area contributed by atoms with Crippen LogP contribution in [0, 0.1) is 0 Å². The molecule has 0 radical (unpaired) electrons. The molecule has 0 aromatic heterocycles. The molecule has 5 heteroatoms. The molecule has 4 nitrogen and oxygen atoms in total. The van der Waals surface area contributed by atoms with E-state index in [1.165, 1.54) is 12.1 Å². The van der Waals surface area contributed by atoms with Crippen LogP contribution in [0.15, 0.2) is 30.8 Å². The first-order chi connectivity index (χ1) is 6.38. The molecule has 0 amide bonds. The fourth-order valence-electron chi connectivity index (χ4n) is 0.938. The van der Waals surface area contributed by atoms with Gasteiger partial charge in [-0.15, -0.1) is 0 Å². The maximum Gasteiger partial charge on any atom is 0.524 e. The lowest BCUT2D eigenvalue weighted by Gasteiger charge is -2.07. The van der Waals surface area contributed by atoms with Crippen LogP contribution in [0.2, 0.25) is 0 Å². The largest absolute Gasteiger partial charge is 0.524 e. The number of hydrogen-bond acceptors (Lipinski definition) is 2. The van der Waals surface area contributed by atoms with Gasteiger partial charge in [0.15, 0.2) is 0 Å². The standard InChI is InChI=1S/C9H11O4P/c1-7(2)8-3-5-9(6-4-8)13-14(10,11)12/h3-6H,1H2,2H3,(H2,10,11,12). The molecule has 0 heterocycles. The maximum atomic E-state index is 10.5. The number of rotatable bonds is 3. The van der Waals surface area contributed by atoms with Crippen LogP contribution in [0.4, 0.5) is 0 Å². The van der Waals surface area contributed by atoms with Gasteiger partial charge in [-0.2, -0.15) is 0 Å². The predicted octanol–water partition coefficient (Wildman–Crippen LogP) is 2.19. The summed E-state index contributed by atoms with van der Waals surface area (Å²) in [6.07, 6.45) is 0. The number of phosphoric acid groups is 1. The average Bonchev–Trinajstić information content (AvgIpc) is 2.02. The summed E-state index contributed by atoms with van der Waals surface area (Å²) in [5.41, 5.74) is 1.79. The van der Waals surface area contributed by atoms with Crippen LogP contribution in [0.1, 0.15) is 12.5 Å². The fraction of sp³-hybridized carbons (Fsp3) is 0.111. The number of phosphoric ester groups is 1. The summed E-state index contributed by atoms with van der Waals surface area (Å²) in [6, 6.07) is 6.35. The topological polar surface area (TPSA) is 66.8 Å². The second-order valence-electron chi connectivity index (χ2n) is 2.89. The van der Waals surface area contributed by atoms with Crippen LogP contribution in [-0.2, 0) is 4.57 Å². The Kier molecular flexibility index (Phi) is 3.11. The van der Waals surface area contributed by atoms with Crippen molar-refractivity contribution in [2.75, 3.05) is 0 Å². The Labute approximate surface area is 82.1 Å². The average molecular weight is 214 g/mol. The number of allylic oxidation sites excluding steroid dienone is 1. The summed E-state index contributed by atoms with van der Waals surface area (Å²) in [7, 11) is -4.45. The van der Waals surface area contributed by atoms with E-state index in [1.54, 1.807) is 12.1 Å². The predicted molar refractivity (Wildman–Crippen MR) is 53.8 cm³/mol. The normalized spacial score (nSPS) is 11.1. The Morgan fingerprint density at radius 2 is 1.86 bits per heavy atom. The molecule has 0 saturated carbocycles. The molecule has 0 fully saturated rings. The molecule has 0 aliphatic heterocycles. The van der Waals surface area contributed by atoms with E-state index >= 15 is 0 Å². The molecular weight excluding hydrogens is 203 g/mol. The molecule has 0 spiro atoms. The van der Waals surface area contributed by atoms with Gasteiger partial charge in [-0.25, -0.2) is 4.57 Å². The third-order valence-electron chi connectivity index (χ3n) is 1.57. The lowest BCUT2D eigenvalue weighted by atomic mass is 10.1. The summed E-state index contributed by atoms with van der Waals surface area (Å²) >= 11 is 0. The van der Waals surface area contributed by atoms with Crippen LogP contribution in [0.25, 0.3) is 5.57 Å². The highest BCUT2D eigenvalue weighted by Gasteiger charge is 2.15. The van der Waals surface area contributed by atoms with Crippen molar-refractivity contribution in [1.82, 2.24) is 0 Å². The monoisotopic (exact) mass is 214 g/mol. The van der Waals surface area contributed by atoms with Crippen molar-refractivity contribution in [1.29, 1.82) is 0 Å². The molecule has 2 N–H and O–H groups in total. The summed E-state index contributed by atoms with van der Waals surface area (Å²) in [5, 5.41) is 0. The molecule has 76 valence electrons. The summed E-state index contributed by atoms with van der Waals surface area (Å²) in [5.74, 6) is 0.142. The molecule has 14 heavy (non-hydrogen) atoms. The lowest BCUT2D eigenvalue weighted by molar-refractivity contribution is 0.283. The van der Waals surface area contributed by atoms with E-state index in [0.717, 1.165) is 11.1 Å². The van der Waals surface area contributed by atoms with Crippen LogP contribution in [-0.4, -0.2) is 9.79 Å². The van der Waals surface area contributed by atoms with E-state index in [9.17, 15) is 4.57 Å². The van der Waals surface area contributed by atoms with Crippen molar-refractivity contribution in [2.45, 2.75) is 6.92 Å². The maximum absolute atomic E-state index is 10.5. The van der Waals surface area contributed by atoms with Crippen molar-refractivity contribution in [3.05, 3.63) is 36.4 Å². The molecular formula is C9H11O4P.